The van der Waals surface area contributed by atoms with Crippen molar-refractivity contribution in [1.29, 1.82) is 0 Å². The van der Waals surface area contributed by atoms with Crippen LogP contribution in [0.4, 0.5) is 0 Å². The van der Waals surface area contributed by atoms with Gasteiger partial charge >= 0.3 is 17.1 Å². The first-order chi connectivity index (χ1) is 10.3. The van der Waals surface area contributed by atoms with Gasteiger partial charge in [-0.3, -0.25) is 4.98 Å². The number of para-hydroxylation sites is 1. The molecule has 2 aromatic rings. The Balaban J connectivity index is 0.000000253. The third-order valence-corrected chi connectivity index (χ3v) is 3.41. The summed E-state index contributed by atoms with van der Waals surface area (Å²) in [7, 11) is 0. The molecule has 0 saturated heterocycles. The number of hydrogen-bond donors (Lipinski definition) is 0. The minimum absolute atomic E-state index is 0. The molecule has 2 heteroatoms. The molecule has 0 unspecified atom stereocenters. The summed E-state index contributed by atoms with van der Waals surface area (Å²) in [5.74, 6) is 1.20. The molecule has 10 radical (unpaired) electrons. The number of aromatic nitrogens is 1. The normalized spacial score (nSPS) is 17.9. The van der Waals surface area contributed by atoms with Crippen molar-refractivity contribution in [3.05, 3.63) is 105 Å². The predicted octanol–water partition coefficient (Wildman–Crippen LogP) is 4.32. The fourth-order valence-electron chi connectivity index (χ4n) is 2.37. The molecule has 22 heavy (non-hydrogen) atoms. The van der Waals surface area contributed by atoms with Crippen molar-refractivity contribution < 1.29 is 17.1 Å². The summed E-state index contributed by atoms with van der Waals surface area (Å²) < 4.78 is 0. The maximum atomic E-state index is 4.72. The number of nitrogens with zero attached hydrogens (tertiary/aromatic N) is 1. The molecule has 2 fully saturated rings. The standard InChI is InChI=1S/C15H12N.C5H5.Fe/c1-11-10-13-8-4-5-9-14(13)16-15(11)12-6-2-3-7-12;1-2-4-5-3-1;/h2-10H,1H3;1-5H;/q;;+2. The largest absolute Gasteiger partial charge is 2.00 e. The molecule has 108 valence electrons. The number of hydrogen-bond acceptors (Lipinski definition) is 1. The van der Waals surface area contributed by atoms with Crippen molar-refractivity contribution in [3.63, 3.8) is 0 Å². The van der Waals surface area contributed by atoms with E-state index < -0.39 is 0 Å². The second kappa shape index (κ2) is 8.70. The molecule has 4 rings (SSSR count). The number of pyridine rings is 1. The van der Waals surface area contributed by atoms with Crippen LogP contribution in [-0.4, -0.2) is 4.98 Å². The fourth-order valence-corrected chi connectivity index (χ4v) is 2.37. The first-order valence-corrected chi connectivity index (χ1v) is 7.10. The van der Waals surface area contributed by atoms with Gasteiger partial charge in [0.2, 0.25) is 0 Å². The van der Waals surface area contributed by atoms with E-state index in [1.165, 1.54) is 16.9 Å². The first-order valence-electron chi connectivity index (χ1n) is 7.10. The van der Waals surface area contributed by atoms with Gasteiger partial charge in [0.15, 0.2) is 0 Å². The van der Waals surface area contributed by atoms with E-state index in [4.69, 9.17) is 4.98 Å². The smallest absolute Gasteiger partial charge is 0.252 e. The van der Waals surface area contributed by atoms with Gasteiger partial charge < -0.3 is 0 Å². The molecule has 1 heterocycles. The number of rotatable bonds is 1. The summed E-state index contributed by atoms with van der Waals surface area (Å²) >= 11 is 0. The zero-order chi connectivity index (χ0) is 14.5. The van der Waals surface area contributed by atoms with Gasteiger partial charge in [0, 0.05) is 11.3 Å². The molecule has 1 nitrogen and oxygen atoms in total. The SMILES string of the molecule is Cc1cc2ccccc2nc1[C]1[CH][CH][CH][CH]1.[CH]1[CH][CH][CH][CH]1.[Fe+2]. The molecule has 0 spiro atoms. The summed E-state index contributed by atoms with van der Waals surface area (Å²) in [6.07, 6.45) is 18.3. The average molecular weight is 327 g/mol. The molecule has 1 aromatic heterocycles. The molecule has 0 atom stereocenters. The minimum Gasteiger partial charge on any atom is -0.252 e. The second-order valence-electron chi connectivity index (χ2n) is 4.98. The Bertz CT molecular complexity index is 576. The average Bonchev–Trinajstić information content (AvgIpc) is 3.22. The molecular formula is C20H17FeN+2. The van der Waals surface area contributed by atoms with Crippen LogP contribution in [0.2, 0.25) is 0 Å². The van der Waals surface area contributed by atoms with Gasteiger partial charge in [0.1, 0.15) is 0 Å². The predicted molar refractivity (Wildman–Crippen MR) is 87.5 cm³/mol. The second-order valence-corrected chi connectivity index (χ2v) is 4.98. The van der Waals surface area contributed by atoms with Gasteiger partial charge in [0.05, 0.1) is 11.2 Å². The monoisotopic (exact) mass is 327 g/mol. The molecule has 0 aliphatic heterocycles. The van der Waals surface area contributed by atoms with E-state index in [1.54, 1.807) is 0 Å². The van der Waals surface area contributed by atoms with Crippen LogP contribution in [0.5, 0.6) is 0 Å². The summed E-state index contributed by atoms with van der Waals surface area (Å²) in [6, 6.07) is 10.4. The summed E-state index contributed by atoms with van der Waals surface area (Å²) in [5.41, 5.74) is 3.37. The van der Waals surface area contributed by atoms with Crippen LogP contribution in [0.25, 0.3) is 10.9 Å². The van der Waals surface area contributed by atoms with E-state index in [2.05, 4.69) is 38.0 Å². The van der Waals surface area contributed by atoms with E-state index in [9.17, 15) is 0 Å². The maximum absolute atomic E-state index is 4.72. The van der Waals surface area contributed by atoms with Crippen LogP contribution in [0.15, 0.2) is 30.3 Å². The summed E-state index contributed by atoms with van der Waals surface area (Å²) in [6.45, 7) is 2.11. The van der Waals surface area contributed by atoms with Gasteiger partial charge in [-0.25, -0.2) is 0 Å². The molecule has 0 amide bonds. The number of aryl methyl sites for hydroxylation is 1. The first kappa shape index (κ1) is 17.5. The molecular weight excluding hydrogens is 310 g/mol. The number of benzene rings is 1. The third kappa shape index (κ3) is 4.33. The van der Waals surface area contributed by atoms with E-state index in [0.29, 0.717) is 0 Å². The van der Waals surface area contributed by atoms with Gasteiger partial charge in [-0.05, 0) is 82.4 Å². The summed E-state index contributed by atoms with van der Waals surface area (Å²) in [4.78, 5) is 4.72. The van der Waals surface area contributed by atoms with Crippen molar-refractivity contribution in [2.75, 3.05) is 0 Å². The Morgan fingerprint density at radius 3 is 2.00 bits per heavy atom. The van der Waals surface area contributed by atoms with Crippen molar-refractivity contribution in [3.8, 4) is 0 Å². The Hall–Kier alpha value is -0.851. The van der Waals surface area contributed by atoms with Gasteiger partial charge in [-0.2, -0.15) is 0 Å². The molecule has 2 saturated carbocycles. The van der Waals surface area contributed by atoms with Gasteiger partial charge in [0.25, 0.3) is 0 Å². The topological polar surface area (TPSA) is 12.9 Å². The molecule has 1 aromatic carbocycles. The Kier molecular flexibility index (Phi) is 6.92. The van der Waals surface area contributed by atoms with E-state index in [1.807, 2.05) is 57.1 Å². The minimum atomic E-state index is 0. The zero-order valence-electron chi connectivity index (χ0n) is 12.4. The van der Waals surface area contributed by atoms with Crippen LogP contribution in [0.3, 0.4) is 0 Å². The fraction of sp³-hybridized carbons (Fsp3) is 0.0500. The Morgan fingerprint density at radius 2 is 1.36 bits per heavy atom. The molecule has 0 bridgehead atoms. The van der Waals surface area contributed by atoms with Crippen molar-refractivity contribution >= 4 is 10.9 Å². The molecule has 2 aliphatic rings. The van der Waals surface area contributed by atoms with Crippen LogP contribution in [0, 0.1) is 70.6 Å². The van der Waals surface area contributed by atoms with E-state index in [-0.39, 0.29) is 17.1 Å². The maximum Gasteiger partial charge on any atom is 2.00 e. The molecule has 0 N–H and O–H groups in total. The van der Waals surface area contributed by atoms with Crippen LogP contribution in [0.1, 0.15) is 11.3 Å². The van der Waals surface area contributed by atoms with Gasteiger partial charge in [-0.1, -0.05) is 18.2 Å². The van der Waals surface area contributed by atoms with Crippen molar-refractivity contribution in [2.45, 2.75) is 6.92 Å². The molecule has 2 aliphatic carbocycles. The zero-order valence-corrected chi connectivity index (χ0v) is 13.5. The Morgan fingerprint density at radius 1 is 0.773 bits per heavy atom. The van der Waals surface area contributed by atoms with E-state index >= 15 is 0 Å². The number of fused-ring (bicyclic) bond motifs is 1. The van der Waals surface area contributed by atoms with E-state index in [0.717, 1.165) is 11.2 Å². The van der Waals surface area contributed by atoms with Gasteiger partial charge in [-0.15, -0.1) is 0 Å². The third-order valence-electron chi connectivity index (χ3n) is 3.41. The van der Waals surface area contributed by atoms with Crippen LogP contribution in [-0.2, 0) is 17.1 Å². The summed E-state index contributed by atoms with van der Waals surface area (Å²) in [5, 5.41) is 1.20. The van der Waals surface area contributed by atoms with Crippen molar-refractivity contribution in [2.24, 2.45) is 0 Å². The Labute approximate surface area is 145 Å². The quantitative estimate of drug-likeness (QED) is 0.711. The van der Waals surface area contributed by atoms with Crippen molar-refractivity contribution in [1.82, 2.24) is 4.98 Å². The van der Waals surface area contributed by atoms with Crippen LogP contribution >= 0.6 is 0 Å². The van der Waals surface area contributed by atoms with Crippen LogP contribution < -0.4 is 0 Å².